The standard InChI is InChI=1S/C26H28Cl2N4O4.C2H2O4/c1-19(33)31-10-12-32(13-11-31)21-3-5-22(6-4-21)34-15-23-16-35-26(36-23,17-30-9-8-29-18-30)24-7-2-20(27)14-25(24)28;3-1(4)2(5)6/h2-9,14,18,23H,10-13,15-17H2,1H3;(H,3,4)(H,5,6)/t23-,26-;/m0./s1. The molecule has 3 heterocycles. The van der Waals surface area contributed by atoms with Gasteiger partial charge in [0.25, 0.3) is 0 Å². The van der Waals surface area contributed by atoms with Crippen LogP contribution in [0.15, 0.2) is 61.2 Å². The monoisotopic (exact) mass is 620 g/mol. The predicted molar refractivity (Wildman–Crippen MR) is 153 cm³/mol. The first-order chi connectivity index (χ1) is 20.1. The van der Waals surface area contributed by atoms with Crippen LogP contribution in [0.2, 0.25) is 10.0 Å². The number of aromatic nitrogens is 2. The van der Waals surface area contributed by atoms with Gasteiger partial charge in [0.05, 0.1) is 24.5 Å². The number of rotatable bonds is 7. The first-order valence-electron chi connectivity index (χ1n) is 13.0. The molecule has 5 rings (SSSR count). The van der Waals surface area contributed by atoms with Crippen LogP contribution in [0, 0.1) is 0 Å². The third-order valence-electron chi connectivity index (χ3n) is 6.70. The normalized spacial score (nSPS) is 20.0. The Hall–Kier alpha value is -3.84. The summed E-state index contributed by atoms with van der Waals surface area (Å²) in [7, 11) is 0. The molecule has 2 atom stereocenters. The van der Waals surface area contributed by atoms with Gasteiger partial charge < -0.3 is 38.8 Å². The van der Waals surface area contributed by atoms with Gasteiger partial charge in [0.15, 0.2) is 0 Å². The number of anilines is 1. The van der Waals surface area contributed by atoms with Crippen molar-refractivity contribution >= 4 is 46.7 Å². The molecule has 2 aliphatic heterocycles. The van der Waals surface area contributed by atoms with E-state index in [4.69, 9.17) is 57.2 Å². The molecule has 2 aromatic carbocycles. The second kappa shape index (κ2) is 13.9. The van der Waals surface area contributed by atoms with Crippen LogP contribution in [0.25, 0.3) is 0 Å². The largest absolute Gasteiger partial charge is 0.491 e. The number of hydrogen-bond acceptors (Lipinski definition) is 8. The van der Waals surface area contributed by atoms with Crippen molar-refractivity contribution in [2.24, 2.45) is 0 Å². The lowest BCUT2D eigenvalue weighted by Gasteiger charge is -2.35. The topological polar surface area (TPSA) is 144 Å². The Morgan fingerprint density at radius 1 is 1.05 bits per heavy atom. The Balaban J connectivity index is 0.000000612. The van der Waals surface area contributed by atoms with Crippen LogP contribution in [-0.4, -0.2) is 88.0 Å². The maximum absolute atomic E-state index is 11.6. The Kier molecular flexibility index (Phi) is 10.3. The first kappa shape index (κ1) is 31.1. The molecule has 1 aromatic heterocycles. The number of carboxylic acids is 2. The Labute approximate surface area is 251 Å². The number of piperazine rings is 1. The third-order valence-corrected chi connectivity index (χ3v) is 7.24. The van der Waals surface area contributed by atoms with Gasteiger partial charge in [-0.3, -0.25) is 4.79 Å². The fourth-order valence-corrected chi connectivity index (χ4v) is 5.15. The lowest BCUT2D eigenvalue weighted by molar-refractivity contribution is -0.189. The number of imidazole rings is 1. The number of amides is 1. The summed E-state index contributed by atoms with van der Waals surface area (Å²) in [4.78, 5) is 38.0. The van der Waals surface area contributed by atoms with Crippen LogP contribution in [0.5, 0.6) is 5.75 Å². The molecular formula is C28H30Cl2N4O8. The van der Waals surface area contributed by atoms with E-state index in [2.05, 4.69) is 9.88 Å². The zero-order chi connectivity index (χ0) is 30.3. The van der Waals surface area contributed by atoms with Gasteiger partial charge in [0, 0.05) is 61.8 Å². The molecule has 2 fully saturated rings. The molecule has 0 saturated carbocycles. The van der Waals surface area contributed by atoms with Crippen molar-refractivity contribution in [3.8, 4) is 5.75 Å². The molecule has 224 valence electrons. The van der Waals surface area contributed by atoms with E-state index in [9.17, 15) is 4.79 Å². The Bertz CT molecular complexity index is 1370. The fourth-order valence-electron chi connectivity index (χ4n) is 4.60. The van der Waals surface area contributed by atoms with Crippen molar-refractivity contribution in [2.75, 3.05) is 44.3 Å². The molecule has 14 heteroatoms. The summed E-state index contributed by atoms with van der Waals surface area (Å²) in [6.07, 6.45) is 4.98. The van der Waals surface area contributed by atoms with Crippen LogP contribution in [0.3, 0.4) is 0 Å². The molecular weight excluding hydrogens is 591 g/mol. The molecule has 0 aliphatic carbocycles. The van der Waals surface area contributed by atoms with E-state index in [0.717, 1.165) is 37.6 Å². The number of carbonyl (C=O) groups excluding carboxylic acids is 1. The molecule has 2 N–H and O–H groups in total. The number of benzene rings is 2. The highest BCUT2D eigenvalue weighted by atomic mass is 35.5. The molecule has 42 heavy (non-hydrogen) atoms. The first-order valence-corrected chi connectivity index (χ1v) is 13.7. The van der Waals surface area contributed by atoms with Crippen LogP contribution in [0.4, 0.5) is 5.69 Å². The van der Waals surface area contributed by atoms with Crippen LogP contribution < -0.4 is 9.64 Å². The second-order valence-electron chi connectivity index (χ2n) is 9.57. The van der Waals surface area contributed by atoms with Gasteiger partial charge in [-0.05, 0) is 36.4 Å². The molecule has 2 saturated heterocycles. The molecule has 0 unspecified atom stereocenters. The summed E-state index contributed by atoms with van der Waals surface area (Å²) in [6, 6.07) is 13.3. The lowest BCUT2D eigenvalue weighted by atomic mass is 10.1. The van der Waals surface area contributed by atoms with Gasteiger partial charge >= 0.3 is 11.9 Å². The van der Waals surface area contributed by atoms with Gasteiger partial charge in [-0.25, -0.2) is 14.6 Å². The summed E-state index contributed by atoms with van der Waals surface area (Å²) in [5.74, 6) is -3.85. The molecule has 0 radical (unpaired) electrons. The number of hydrogen-bond donors (Lipinski definition) is 2. The average Bonchev–Trinajstić information content (AvgIpc) is 3.63. The highest BCUT2D eigenvalue weighted by Crippen LogP contribution is 2.40. The van der Waals surface area contributed by atoms with Crippen molar-refractivity contribution in [3.05, 3.63) is 76.8 Å². The van der Waals surface area contributed by atoms with Crippen molar-refractivity contribution < 1.29 is 38.8 Å². The Morgan fingerprint density at radius 2 is 1.74 bits per heavy atom. The van der Waals surface area contributed by atoms with Crippen LogP contribution in [0.1, 0.15) is 12.5 Å². The van der Waals surface area contributed by atoms with E-state index in [0.29, 0.717) is 35.4 Å². The fraction of sp³-hybridized carbons (Fsp3) is 0.357. The number of carboxylic acid groups (broad SMARTS) is 2. The van der Waals surface area contributed by atoms with Crippen molar-refractivity contribution in [1.82, 2.24) is 14.5 Å². The molecule has 3 aromatic rings. The minimum atomic E-state index is -1.82. The highest BCUT2D eigenvalue weighted by molar-refractivity contribution is 6.35. The number of aliphatic carboxylic acids is 2. The summed E-state index contributed by atoms with van der Waals surface area (Å²) >= 11 is 12.7. The number of ether oxygens (including phenoxy) is 3. The van der Waals surface area contributed by atoms with Crippen molar-refractivity contribution in [2.45, 2.75) is 25.4 Å². The summed E-state index contributed by atoms with van der Waals surface area (Å²) in [5.41, 5.74) is 1.82. The molecule has 0 spiro atoms. The maximum atomic E-state index is 11.6. The zero-order valence-corrected chi connectivity index (χ0v) is 24.2. The van der Waals surface area contributed by atoms with E-state index in [1.165, 1.54) is 0 Å². The van der Waals surface area contributed by atoms with E-state index in [-0.39, 0.29) is 12.0 Å². The minimum Gasteiger partial charge on any atom is -0.491 e. The zero-order valence-electron chi connectivity index (χ0n) is 22.7. The van der Waals surface area contributed by atoms with Gasteiger partial charge in [-0.2, -0.15) is 0 Å². The van der Waals surface area contributed by atoms with E-state index in [1.54, 1.807) is 31.6 Å². The highest BCUT2D eigenvalue weighted by Gasteiger charge is 2.45. The number of carbonyl (C=O) groups is 3. The van der Waals surface area contributed by atoms with E-state index < -0.39 is 17.7 Å². The van der Waals surface area contributed by atoms with Crippen molar-refractivity contribution in [3.63, 3.8) is 0 Å². The number of nitrogens with zero attached hydrogens (tertiary/aromatic N) is 4. The van der Waals surface area contributed by atoms with Gasteiger partial charge in [-0.15, -0.1) is 0 Å². The lowest BCUT2D eigenvalue weighted by Crippen LogP contribution is -2.48. The predicted octanol–water partition coefficient (Wildman–Crippen LogP) is 3.36. The molecule has 1 amide bonds. The summed E-state index contributed by atoms with van der Waals surface area (Å²) < 4.78 is 20.6. The Morgan fingerprint density at radius 3 is 2.31 bits per heavy atom. The second-order valence-corrected chi connectivity index (χ2v) is 10.4. The average molecular weight is 621 g/mol. The third kappa shape index (κ3) is 7.91. The van der Waals surface area contributed by atoms with Gasteiger partial charge in [0.1, 0.15) is 18.5 Å². The van der Waals surface area contributed by atoms with Crippen LogP contribution in [-0.2, 0) is 36.2 Å². The van der Waals surface area contributed by atoms with Crippen molar-refractivity contribution in [1.29, 1.82) is 0 Å². The smallest absolute Gasteiger partial charge is 0.414 e. The SMILES string of the molecule is CC(=O)N1CCN(c2ccc(OC[C@H]3CO[C@](Cn4ccnc4)(c4ccc(Cl)cc4Cl)O3)cc2)CC1.O=C(O)C(=O)O. The van der Waals surface area contributed by atoms with Gasteiger partial charge in [0.2, 0.25) is 11.7 Å². The quantitative estimate of drug-likeness (QED) is 0.377. The van der Waals surface area contributed by atoms with E-state index >= 15 is 0 Å². The van der Waals surface area contributed by atoms with Crippen LogP contribution >= 0.6 is 23.2 Å². The summed E-state index contributed by atoms with van der Waals surface area (Å²) in [6.45, 7) is 5.80. The van der Waals surface area contributed by atoms with E-state index in [1.807, 2.05) is 46.0 Å². The molecule has 12 nitrogen and oxygen atoms in total. The minimum absolute atomic E-state index is 0.129. The number of halogens is 2. The van der Waals surface area contributed by atoms with Gasteiger partial charge in [-0.1, -0.05) is 29.3 Å². The summed E-state index contributed by atoms with van der Waals surface area (Å²) in [5, 5.41) is 15.8. The maximum Gasteiger partial charge on any atom is 0.414 e. The molecule has 0 bridgehead atoms. The molecule has 2 aliphatic rings.